The van der Waals surface area contributed by atoms with Crippen molar-refractivity contribution in [2.45, 2.75) is 37.5 Å². The van der Waals surface area contributed by atoms with Gasteiger partial charge in [0.25, 0.3) is 20.0 Å². The molecule has 11 nitrogen and oxygen atoms in total. The highest BCUT2D eigenvalue weighted by Gasteiger charge is 2.44. The Morgan fingerprint density at radius 2 is 0.944 bits per heavy atom. The predicted octanol–water partition coefficient (Wildman–Crippen LogP) is 3.10. The first-order chi connectivity index (χ1) is 17.1. The molecule has 3 rings (SSSR count). The summed E-state index contributed by atoms with van der Waals surface area (Å²) in [5.74, 6) is 1.12. The molecule has 0 N–H and O–H groups in total. The maximum absolute atomic E-state index is 13.3. The number of benzene rings is 2. The number of carbonyl (C=O) groups excluding carboxylic acids is 1. The molecule has 0 saturated carbocycles. The number of rotatable bonds is 12. The fourth-order valence-corrected chi connectivity index (χ4v) is 6.39. The summed E-state index contributed by atoms with van der Waals surface area (Å²) >= 11 is 0. The number of sulfonamides is 2. The van der Waals surface area contributed by atoms with Crippen LogP contribution in [0.3, 0.4) is 0 Å². The summed E-state index contributed by atoms with van der Waals surface area (Å²) in [6, 6.07) is 6.79. The molecule has 2 aromatic rings. The second-order valence-electron chi connectivity index (χ2n) is 7.39. The molecule has 1 heterocycles. The normalized spacial score (nSPS) is 14.2. The van der Waals surface area contributed by atoms with Gasteiger partial charge in [0.15, 0.2) is 23.0 Å². The second-order valence-corrected chi connectivity index (χ2v) is 11.1. The highest BCUT2D eigenvalue weighted by atomic mass is 32.2. The van der Waals surface area contributed by atoms with Crippen molar-refractivity contribution in [2.24, 2.45) is 0 Å². The molecular formula is C23H30N2O9S2. The van der Waals surface area contributed by atoms with Gasteiger partial charge in [-0.15, -0.1) is 0 Å². The molecular weight excluding hydrogens is 512 g/mol. The maximum atomic E-state index is 13.3. The van der Waals surface area contributed by atoms with Gasteiger partial charge in [0.05, 0.1) is 49.3 Å². The maximum Gasteiger partial charge on any atom is 0.348 e. The molecule has 1 aliphatic rings. The fourth-order valence-electron chi connectivity index (χ4n) is 3.58. The van der Waals surface area contributed by atoms with Crippen molar-refractivity contribution in [2.75, 3.05) is 39.5 Å². The molecule has 1 aliphatic heterocycles. The molecule has 36 heavy (non-hydrogen) atoms. The lowest BCUT2D eigenvalue weighted by atomic mass is 10.3. The van der Waals surface area contributed by atoms with Crippen LogP contribution in [0, 0.1) is 0 Å². The Hall–Kier alpha value is -3.19. The molecule has 0 unspecified atom stereocenters. The first kappa shape index (κ1) is 27.4. The van der Waals surface area contributed by atoms with Crippen molar-refractivity contribution in [3.05, 3.63) is 36.4 Å². The minimum Gasteiger partial charge on any atom is -0.490 e. The SMILES string of the molecule is CCOc1ccc(S(=O)(=O)N2CCN(S(=O)(=O)c3ccc(OCC)c(OCC)c3)C2=O)cc1OCC. The van der Waals surface area contributed by atoms with Crippen LogP contribution in [0.25, 0.3) is 0 Å². The van der Waals surface area contributed by atoms with Crippen LogP contribution in [-0.4, -0.2) is 71.0 Å². The zero-order valence-electron chi connectivity index (χ0n) is 20.6. The molecule has 13 heteroatoms. The topological polar surface area (TPSA) is 129 Å². The largest absolute Gasteiger partial charge is 0.490 e. The first-order valence-corrected chi connectivity index (χ1v) is 14.4. The highest BCUT2D eigenvalue weighted by molar-refractivity contribution is 7.91. The van der Waals surface area contributed by atoms with Gasteiger partial charge in [0.1, 0.15) is 0 Å². The number of amides is 2. The molecule has 1 fully saturated rings. The lowest BCUT2D eigenvalue weighted by molar-refractivity contribution is 0.224. The minimum atomic E-state index is -4.37. The molecule has 0 bridgehead atoms. The summed E-state index contributed by atoms with van der Waals surface area (Å²) in [5, 5.41) is 0. The van der Waals surface area contributed by atoms with Crippen LogP contribution in [0.2, 0.25) is 0 Å². The molecule has 0 atom stereocenters. The van der Waals surface area contributed by atoms with E-state index < -0.39 is 26.1 Å². The van der Waals surface area contributed by atoms with E-state index in [9.17, 15) is 21.6 Å². The van der Waals surface area contributed by atoms with E-state index in [2.05, 4.69) is 0 Å². The van der Waals surface area contributed by atoms with Gasteiger partial charge < -0.3 is 18.9 Å². The Morgan fingerprint density at radius 1 is 0.611 bits per heavy atom. The summed E-state index contributed by atoms with van der Waals surface area (Å²) in [6.07, 6.45) is 0. The van der Waals surface area contributed by atoms with Gasteiger partial charge in [0, 0.05) is 12.1 Å². The molecule has 0 radical (unpaired) electrons. The van der Waals surface area contributed by atoms with Gasteiger partial charge in [-0.1, -0.05) is 0 Å². The molecule has 1 saturated heterocycles. The van der Waals surface area contributed by atoms with E-state index in [4.69, 9.17) is 18.9 Å². The molecule has 0 spiro atoms. The van der Waals surface area contributed by atoms with Crippen molar-refractivity contribution >= 4 is 26.1 Å². The van der Waals surface area contributed by atoms with Crippen molar-refractivity contribution in [1.29, 1.82) is 0 Å². The van der Waals surface area contributed by atoms with E-state index in [1.165, 1.54) is 36.4 Å². The lowest BCUT2D eigenvalue weighted by Crippen LogP contribution is -2.39. The van der Waals surface area contributed by atoms with E-state index in [1.54, 1.807) is 27.7 Å². The minimum absolute atomic E-state index is 0.203. The van der Waals surface area contributed by atoms with Gasteiger partial charge in [-0.25, -0.2) is 30.2 Å². The Bertz CT molecular complexity index is 1210. The van der Waals surface area contributed by atoms with E-state index >= 15 is 0 Å². The van der Waals surface area contributed by atoms with Crippen LogP contribution < -0.4 is 18.9 Å². The lowest BCUT2D eigenvalue weighted by Gasteiger charge is -2.20. The van der Waals surface area contributed by atoms with Crippen LogP contribution in [0.4, 0.5) is 4.79 Å². The van der Waals surface area contributed by atoms with Gasteiger partial charge in [-0.2, -0.15) is 0 Å². The molecule has 198 valence electrons. The molecule has 2 amide bonds. The van der Waals surface area contributed by atoms with E-state index in [1.807, 2.05) is 0 Å². The number of nitrogens with zero attached hydrogens (tertiary/aromatic N) is 2. The molecule has 0 aromatic heterocycles. The average molecular weight is 543 g/mol. The predicted molar refractivity (Wildman–Crippen MR) is 131 cm³/mol. The Balaban J connectivity index is 1.92. The van der Waals surface area contributed by atoms with Gasteiger partial charge in [-0.3, -0.25) is 0 Å². The van der Waals surface area contributed by atoms with Crippen LogP contribution in [0.5, 0.6) is 23.0 Å². The van der Waals surface area contributed by atoms with Crippen molar-refractivity contribution < 1.29 is 40.6 Å². The van der Waals surface area contributed by atoms with E-state index in [0.29, 0.717) is 33.3 Å². The smallest absolute Gasteiger partial charge is 0.348 e. The second kappa shape index (κ2) is 11.2. The summed E-state index contributed by atoms with van der Waals surface area (Å²) < 4.78 is 76.1. The quantitative estimate of drug-likeness (QED) is 0.397. The summed E-state index contributed by atoms with van der Waals surface area (Å²) in [4.78, 5) is 12.6. The number of hydrogen-bond acceptors (Lipinski definition) is 9. The van der Waals surface area contributed by atoms with Gasteiger partial charge in [0.2, 0.25) is 0 Å². The molecule has 2 aromatic carbocycles. The number of urea groups is 1. The summed E-state index contributed by atoms with van der Waals surface area (Å²) in [6.45, 7) is 7.58. The fraction of sp³-hybridized carbons (Fsp3) is 0.435. The highest BCUT2D eigenvalue weighted by Crippen LogP contribution is 2.35. The zero-order chi connectivity index (χ0) is 26.5. The van der Waals surface area contributed by atoms with E-state index in [-0.39, 0.29) is 47.6 Å². The third-order valence-corrected chi connectivity index (χ3v) is 8.68. The first-order valence-electron chi connectivity index (χ1n) is 11.5. The Labute approximate surface area is 211 Å². The van der Waals surface area contributed by atoms with Crippen molar-refractivity contribution in [3.8, 4) is 23.0 Å². The zero-order valence-corrected chi connectivity index (χ0v) is 22.2. The Kier molecular flexibility index (Phi) is 8.56. The number of hydrogen-bond donors (Lipinski definition) is 0. The number of carbonyl (C=O) groups is 1. The van der Waals surface area contributed by atoms with E-state index in [0.717, 1.165) is 0 Å². The van der Waals surface area contributed by atoms with Crippen LogP contribution in [0.15, 0.2) is 46.2 Å². The van der Waals surface area contributed by atoms with Crippen LogP contribution >= 0.6 is 0 Å². The third kappa shape index (κ3) is 5.31. The standard InChI is InChI=1S/C23H30N2O9S2/c1-5-31-19-11-9-17(15-21(19)33-7-3)35(27,28)24-13-14-25(23(24)26)36(29,30)18-10-12-20(32-6-2)22(16-18)34-8-4/h9-12,15-16H,5-8,13-14H2,1-4H3. The Morgan fingerprint density at radius 3 is 1.28 bits per heavy atom. The number of ether oxygens (including phenoxy) is 4. The van der Waals surface area contributed by atoms with Crippen molar-refractivity contribution in [1.82, 2.24) is 8.61 Å². The molecule has 0 aliphatic carbocycles. The van der Waals surface area contributed by atoms with Crippen LogP contribution in [0.1, 0.15) is 27.7 Å². The summed E-state index contributed by atoms with van der Waals surface area (Å²) in [5.41, 5.74) is 0. The third-order valence-electron chi connectivity index (χ3n) is 5.14. The van der Waals surface area contributed by atoms with Gasteiger partial charge >= 0.3 is 6.03 Å². The van der Waals surface area contributed by atoms with Crippen molar-refractivity contribution in [3.63, 3.8) is 0 Å². The van der Waals surface area contributed by atoms with Crippen LogP contribution in [-0.2, 0) is 20.0 Å². The average Bonchev–Trinajstić information content (AvgIpc) is 3.24. The van der Waals surface area contributed by atoms with Gasteiger partial charge in [-0.05, 0) is 52.0 Å². The monoisotopic (exact) mass is 542 g/mol. The summed E-state index contributed by atoms with van der Waals surface area (Å²) in [7, 11) is -8.74.